The molecule has 0 saturated heterocycles. The van der Waals surface area contributed by atoms with Crippen LogP contribution in [0.5, 0.6) is 0 Å². The van der Waals surface area contributed by atoms with Gasteiger partial charge in [0, 0.05) is 13.7 Å². The van der Waals surface area contributed by atoms with Crippen LogP contribution >= 0.6 is 12.2 Å². The van der Waals surface area contributed by atoms with Crippen molar-refractivity contribution in [1.29, 1.82) is 0 Å². The highest BCUT2D eigenvalue weighted by Gasteiger charge is 2.12. The summed E-state index contributed by atoms with van der Waals surface area (Å²) in [7, 11) is 1.68. The summed E-state index contributed by atoms with van der Waals surface area (Å²) in [6.07, 6.45) is 2.44. The summed E-state index contributed by atoms with van der Waals surface area (Å²) in [5.74, 6) is 0. The summed E-state index contributed by atoms with van der Waals surface area (Å²) in [6, 6.07) is 0.206. The van der Waals surface area contributed by atoms with Gasteiger partial charge in [-0.2, -0.15) is 0 Å². The van der Waals surface area contributed by atoms with Gasteiger partial charge in [-0.25, -0.2) is 9.67 Å². The second-order valence-corrected chi connectivity index (χ2v) is 3.96. The number of ether oxygens (including phenoxy) is 1. The van der Waals surface area contributed by atoms with Crippen LogP contribution in [0.1, 0.15) is 19.4 Å². The van der Waals surface area contributed by atoms with E-state index in [-0.39, 0.29) is 6.04 Å². The van der Waals surface area contributed by atoms with Crippen molar-refractivity contribution in [3.05, 3.63) is 11.0 Å². The van der Waals surface area contributed by atoms with Crippen molar-refractivity contribution in [2.24, 2.45) is 0 Å². The Hall–Kier alpha value is -1.34. The van der Waals surface area contributed by atoms with Gasteiger partial charge in [0.05, 0.1) is 12.4 Å². The zero-order chi connectivity index (χ0) is 11.5. The van der Waals surface area contributed by atoms with E-state index in [1.165, 1.54) is 0 Å². The van der Waals surface area contributed by atoms with Gasteiger partial charge in [0.25, 0.3) is 0 Å². The Labute approximate surface area is 97.6 Å². The van der Waals surface area contributed by atoms with E-state index in [0.29, 0.717) is 16.8 Å². The summed E-state index contributed by atoms with van der Waals surface area (Å²) in [5.41, 5.74) is 1.45. The lowest BCUT2D eigenvalue weighted by molar-refractivity contribution is 0.179. The predicted molar refractivity (Wildman–Crippen MR) is 61.7 cm³/mol. The highest BCUT2D eigenvalue weighted by Crippen LogP contribution is 2.15. The van der Waals surface area contributed by atoms with Crippen LogP contribution in [0.2, 0.25) is 0 Å². The Morgan fingerprint density at radius 1 is 1.62 bits per heavy atom. The van der Waals surface area contributed by atoms with Crippen molar-refractivity contribution in [2.75, 3.05) is 13.7 Å². The number of nitrogens with zero attached hydrogens (tertiary/aromatic N) is 4. The molecule has 2 rings (SSSR count). The molecule has 86 valence electrons. The van der Waals surface area contributed by atoms with E-state index in [9.17, 15) is 0 Å². The standard InChI is InChI=1S/C9H13N5OS/c1-6(3-4-15-2)14-8-7(12-13-14)9(16)11-5-10-8/h5-6H,3-4H2,1-2H3,(H,10,11,16). The molecule has 2 aromatic rings. The van der Waals surface area contributed by atoms with Crippen LogP contribution in [0.3, 0.4) is 0 Å². The second-order valence-electron chi connectivity index (χ2n) is 3.57. The molecule has 1 N–H and O–H groups in total. The van der Waals surface area contributed by atoms with E-state index < -0.39 is 0 Å². The van der Waals surface area contributed by atoms with E-state index in [0.717, 1.165) is 12.1 Å². The molecular formula is C9H13N5OS. The smallest absolute Gasteiger partial charge is 0.166 e. The first-order valence-corrected chi connectivity index (χ1v) is 5.42. The number of hydrogen-bond acceptors (Lipinski definition) is 5. The Morgan fingerprint density at radius 2 is 2.44 bits per heavy atom. The van der Waals surface area contributed by atoms with Crippen molar-refractivity contribution >= 4 is 23.4 Å². The third-order valence-electron chi connectivity index (χ3n) is 2.44. The fourth-order valence-electron chi connectivity index (χ4n) is 1.50. The molecule has 0 aliphatic heterocycles. The monoisotopic (exact) mass is 239 g/mol. The lowest BCUT2D eigenvalue weighted by Crippen LogP contribution is -2.10. The molecule has 6 nitrogen and oxygen atoms in total. The third kappa shape index (κ3) is 1.96. The minimum Gasteiger partial charge on any atom is -0.385 e. The number of hydrogen-bond donors (Lipinski definition) is 1. The maximum Gasteiger partial charge on any atom is 0.166 e. The molecule has 1 unspecified atom stereocenters. The zero-order valence-electron chi connectivity index (χ0n) is 9.17. The molecule has 1 atom stereocenters. The van der Waals surface area contributed by atoms with Crippen molar-refractivity contribution in [1.82, 2.24) is 25.0 Å². The van der Waals surface area contributed by atoms with E-state index in [2.05, 4.69) is 27.2 Å². The average Bonchev–Trinajstić information content (AvgIpc) is 2.71. The molecular weight excluding hydrogens is 226 g/mol. The normalized spacial score (nSPS) is 13.1. The van der Waals surface area contributed by atoms with E-state index >= 15 is 0 Å². The van der Waals surface area contributed by atoms with E-state index in [1.807, 2.05) is 4.68 Å². The summed E-state index contributed by atoms with van der Waals surface area (Å²) in [4.78, 5) is 6.98. The predicted octanol–water partition coefficient (Wildman–Crippen LogP) is 1.48. The fraction of sp³-hybridized carbons (Fsp3) is 0.556. The van der Waals surface area contributed by atoms with Crippen molar-refractivity contribution in [2.45, 2.75) is 19.4 Å². The number of aromatic amines is 1. The first-order valence-electron chi connectivity index (χ1n) is 5.01. The molecule has 7 heteroatoms. The van der Waals surface area contributed by atoms with Crippen molar-refractivity contribution in [3.63, 3.8) is 0 Å². The van der Waals surface area contributed by atoms with Gasteiger partial charge in [0.15, 0.2) is 15.8 Å². The molecule has 0 amide bonds. The summed E-state index contributed by atoms with van der Waals surface area (Å²) < 4.78 is 7.32. The maximum absolute atomic E-state index is 5.07. The number of aromatic nitrogens is 5. The molecule has 16 heavy (non-hydrogen) atoms. The molecule has 0 saturated carbocycles. The largest absolute Gasteiger partial charge is 0.385 e. The van der Waals surface area contributed by atoms with Gasteiger partial charge < -0.3 is 9.72 Å². The highest BCUT2D eigenvalue weighted by atomic mass is 32.1. The number of rotatable bonds is 4. The highest BCUT2D eigenvalue weighted by molar-refractivity contribution is 7.71. The summed E-state index contributed by atoms with van der Waals surface area (Å²) in [6.45, 7) is 2.75. The summed E-state index contributed by atoms with van der Waals surface area (Å²) in [5, 5.41) is 8.10. The van der Waals surface area contributed by atoms with Crippen LogP contribution in [0, 0.1) is 4.64 Å². The lowest BCUT2D eigenvalue weighted by atomic mass is 10.2. The van der Waals surface area contributed by atoms with Gasteiger partial charge in [-0.3, -0.25) is 0 Å². The number of nitrogens with one attached hydrogen (secondary N) is 1. The Bertz CT molecular complexity index is 534. The van der Waals surface area contributed by atoms with E-state index in [4.69, 9.17) is 17.0 Å². The number of H-pyrrole nitrogens is 1. The fourth-order valence-corrected chi connectivity index (χ4v) is 1.69. The quantitative estimate of drug-likeness (QED) is 0.818. The molecule has 0 aliphatic rings. The minimum absolute atomic E-state index is 0.206. The van der Waals surface area contributed by atoms with Crippen LogP contribution in [0.4, 0.5) is 0 Å². The van der Waals surface area contributed by atoms with Gasteiger partial charge in [0.1, 0.15) is 0 Å². The number of methoxy groups -OCH3 is 1. The lowest BCUT2D eigenvalue weighted by Gasteiger charge is -2.10. The number of fused-ring (bicyclic) bond motifs is 1. The van der Waals surface area contributed by atoms with Gasteiger partial charge in [-0.05, 0) is 13.3 Å². The SMILES string of the molecule is COCCC(C)n1nnc2c(=S)nc[nH]c21. The van der Waals surface area contributed by atoms with Crippen LogP contribution < -0.4 is 0 Å². The Morgan fingerprint density at radius 3 is 3.19 bits per heavy atom. The topological polar surface area (TPSA) is 68.6 Å². The van der Waals surface area contributed by atoms with Crippen LogP contribution in [-0.4, -0.2) is 38.7 Å². The van der Waals surface area contributed by atoms with Gasteiger partial charge in [-0.1, -0.05) is 17.4 Å². The Kier molecular flexibility index (Phi) is 3.25. The molecule has 0 bridgehead atoms. The second kappa shape index (κ2) is 4.67. The van der Waals surface area contributed by atoms with Crippen LogP contribution in [0.25, 0.3) is 11.2 Å². The maximum atomic E-state index is 5.07. The Balaban J connectivity index is 2.38. The first kappa shape index (κ1) is 11.2. The minimum atomic E-state index is 0.206. The molecule has 2 aromatic heterocycles. The van der Waals surface area contributed by atoms with Crippen LogP contribution in [-0.2, 0) is 4.74 Å². The van der Waals surface area contributed by atoms with Crippen molar-refractivity contribution in [3.8, 4) is 0 Å². The first-order chi connectivity index (χ1) is 7.74. The van der Waals surface area contributed by atoms with E-state index in [1.54, 1.807) is 13.4 Å². The zero-order valence-corrected chi connectivity index (χ0v) is 9.99. The van der Waals surface area contributed by atoms with Gasteiger partial charge >= 0.3 is 0 Å². The molecule has 0 aromatic carbocycles. The van der Waals surface area contributed by atoms with Gasteiger partial charge in [0.2, 0.25) is 0 Å². The average molecular weight is 239 g/mol. The van der Waals surface area contributed by atoms with Gasteiger partial charge in [-0.15, -0.1) is 5.10 Å². The van der Waals surface area contributed by atoms with Crippen molar-refractivity contribution < 1.29 is 4.74 Å². The molecule has 0 aliphatic carbocycles. The third-order valence-corrected chi connectivity index (χ3v) is 2.74. The molecule has 2 heterocycles. The van der Waals surface area contributed by atoms with Crippen LogP contribution in [0.15, 0.2) is 6.33 Å². The molecule has 0 spiro atoms. The molecule has 0 radical (unpaired) electrons. The summed E-state index contributed by atoms with van der Waals surface area (Å²) >= 11 is 5.07. The molecule has 0 fully saturated rings.